The zero-order valence-electron chi connectivity index (χ0n) is 20.3. The lowest BCUT2D eigenvalue weighted by molar-refractivity contribution is 0.0986. The Labute approximate surface area is 222 Å². The first-order valence-corrected chi connectivity index (χ1v) is 13.0. The molecule has 10 heteroatoms. The van der Waals surface area contributed by atoms with Crippen molar-refractivity contribution in [1.29, 1.82) is 0 Å². The summed E-state index contributed by atoms with van der Waals surface area (Å²) in [6.45, 7) is 5.04. The van der Waals surface area contributed by atoms with Gasteiger partial charge in [-0.2, -0.15) is 0 Å². The number of ether oxygens (including phenoxy) is 2. The largest absolute Gasteiger partial charge is 0.454 e. The highest BCUT2D eigenvalue weighted by Gasteiger charge is 2.32. The fourth-order valence-corrected chi connectivity index (χ4v) is 5.74. The van der Waals surface area contributed by atoms with Crippen molar-refractivity contribution in [2.75, 3.05) is 33.0 Å². The Morgan fingerprint density at radius 1 is 0.917 bits per heavy atom. The van der Waals surface area contributed by atoms with E-state index in [1.54, 1.807) is 0 Å². The molecule has 1 atom stereocenters. The number of fused-ring (bicyclic) bond motifs is 1. The number of hydrogen-bond acceptors (Lipinski definition) is 7. The number of tetrazole rings is 1. The summed E-state index contributed by atoms with van der Waals surface area (Å²) in [4.78, 5) is 5.02. The number of piperazine rings is 1. The molecule has 0 bridgehead atoms. The van der Waals surface area contributed by atoms with Crippen LogP contribution in [0.15, 0.2) is 42.5 Å². The van der Waals surface area contributed by atoms with Crippen molar-refractivity contribution in [3.8, 4) is 11.5 Å². The second-order valence-corrected chi connectivity index (χ2v) is 10.2. The van der Waals surface area contributed by atoms with Crippen molar-refractivity contribution in [3.05, 3.63) is 64.4 Å². The standard InChI is InChI=1S/C26H31ClN6O2.ClH/c27-21-9-7-20(8-10-21)25(26-28-29-30-33(26)22-4-2-1-3-5-22)32-14-12-31(13-15-32)17-19-6-11-23-24(16-19)35-18-34-23;/h6-11,16,22,25H,1-5,12-15,17-18H2;1H. The Bertz CT molecular complexity index is 1140. The molecule has 36 heavy (non-hydrogen) atoms. The molecule has 0 N–H and O–H groups in total. The smallest absolute Gasteiger partial charge is 0.231 e. The quantitative estimate of drug-likeness (QED) is 0.449. The highest BCUT2D eigenvalue weighted by molar-refractivity contribution is 6.30. The summed E-state index contributed by atoms with van der Waals surface area (Å²) >= 11 is 6.23. The maximum Gasteiger partial charge on any atom is 0.231 e. The Morgan fingerprint density at radius 2 is 1.67 bits per heavy atom. The van der Waals surface area contributed by atoms with Crippen molar-refractivity contribution in [3.63, 3.8) is 0 Å². The molecule has 192 valence electrons. The second-order valence-electron chi connectivity index (χ2n) is 9.73. The van der Waals surface area contributed by atoms with E-state index in [-0.39, 0.29) is 18.4 Å². The van der Waals surface area contributed by atoms with Crippen LogP contribution in [0.1, 0.15) is 61.1 Å². The van der Waals surface area contributed by atoms with Gasteiger partial charge in [-0.25, -0.2) is 4.68 Å². The van der Waals surface area contributed by atoms with Gasteiger partial charge in [0.1, 0.15) is 0 Å². The summed E-state index contributed by atoms with van der Waals surface area (Å²) in [6, 6.07) is 14.8. The molecule has 1 aliphatic carbocycles. The Kier molecular flexibility index (Phi) is 7.96. The van der Waals surface area contributed by atoms with Crippen molar-refractivity contribution in [1.82, 2.24) is 30.0 Å². The van der Waals surface area contributed by atoms with Crippen LogP contribution in [0.2, 0.25) is 5.02 Å². The number of aromatic nitrogens is 4. The van der Waals surface area contributed by atoms with Crippen LogP contribution in [0.5, 0.6) is 11.5 Å². The summed E-state index contributed by atoms with van der Waals surface area (Å²) in [5, 5.41) is 13.9. The summed E-state index contributed by atoms with van der Waals surface area (Å²) in [5.41, 5.74) is 2.43. The van der Waals surface area contributed by atoms with E-state index in [4.69, 9.17) is 21.1 Å². The van der Waals surface area contributed by atoms with E-state index in [9.17, 15) is 0 Å². The van der Waals surface area contributed by atoms with E-state index in [1.165, 1.54) is 30.4 Å². The monoisotopic (exact) mass is 530 g/mol. The maximum atomic E-state index is 6.23. The van der Waals surface area contributed by atoms with Gasteiger partial charge in [0.25, 0.3) is 0 Å². The Morgan fingerprint density at radius 3 is 2.44 bits per heavy atom. The molecule has 0 amide bonds. The van der Waals surface area contributed by atoms with Crippen LogP contribution in [-0.2, 0) is 6.54 Å². The third kappa shape index (κ3) is 5.32. The van der Waals surface area contributed by atoms with Crippen LogP contribution in [-0.4, -0.2) is 63.0 Å². The number of nitrogens with zero attached hydrogens (tertiary/aromatic N) is 6. The lowest BCUT2D eigenvalue weighted by Crippen LogP contribution is -2.48. The van der Waals surface area contributed by atoms with Crippen LogP contribution in [0, 0.1) is 0 Å². The molecule has 2 aromatic carbocycles. The molecule has 0 radical (unpaired) electrons. The minimum atomic E-state index is 0. The molecular formula is C26H32Cl2N6O2. The van der Waals surface area contributed by atoms with Gasteiger partial charge in [0.2, 0.25) is 6.79 Å². The molecule has 2 aliphatic heterocycles. The molecule has 6 rings (SSSR count). The molecule has 1 saturated heterocycles. The van der Waals surface area contributed by atoms with E-state index in [0.717, 1.165) is 67.9 Å². The molecule has 2 fully saturated rings. The zero-order valence-corrected chi connectivity index (χ0v) is 21.8. The van der Waals surface area contributed by atoms with Crippen molar-refractivity contribution >= 4 is 24.0 Å². The lowest BCUT2D eigenvalue weighted by Gasteiger charge is -2.39. The topological polar surface area (TPSA) is 68.5 Å². The van der Waals surface area contributed by atoms with E-state index in [2.05, 4.69) is 54.3 Å². The second kappa shape index (κ2) is 11.3. The van der Waals surface area contributed by atoms with Crippen molar-refractivity contribution in [2.45, 2.75) is 50.7 Å². The number of halogens is 2. The first-order chi connectivity index (χ1) is 17.2. The van der Waals surface area contributed by atoms with E-state index in [0.29, 0.717) is 12.8 Å². The molecule has 1 aromatic heterocycles. The first-order valence-electron chi connectivity index (χ1n) is 12.6. The number of rotatable bonds is 6. The molecule has 0 spiro atoms. The van der Waals surface area contributed by atoms with Crippen LogP contribution in [0.4, 0.5) is 0 Å². The molecule has 3 aromatic rings. The highest BCUT2D eigenvalue weighted by atomic mass is 35.5. The summed E-state index contributed by atoms with van der Waals surface area (Å²) in [5.74, 6) is 2.63. The summed E-state index contributed by atoms with van der Waals surface area (Å²) in [7, 11) is 0. The van der Waals surface area contributed by atoms with Gasteiger partial charge in [0, 0.05) is 37.7 Å². The number of benzene rings is 2. The SMILES string of the molecule is Cl.Clc1ccc(C(c2nnnn2C2CCCCC2)N2CCN(Cc3ccc4c(c3)OCO4)CC2)cc1. The maximum absolute atomic E-state index is 6.23. The average molecular weight is 531 g/mol. The normalized spacial score (nSPS) is 19.7. The molecular weight excluding hydrogens is 499 g/mol. The van der Waals surface area contributed by atoms with Crippen molar-refractivity contribution in [2.24, 2.45) is 0 Å². The third-order valence-corrected chi connectivity index (χ3v) is 7.74. The first kappa shape index (κ1) is 25.3. The molecule has 1 saturated carbocycles. The van der Waals surface area contributed by atoms with Crippen LogP contribution >= 0.6 is 24.0 Å². The van der Waals surface area contributed by atoms with Crippen LogP contribution in [0.25, 0.3) is 0 Å². The minimum absolute atomic E-state index is 0. The van der Waals surface area contributed by atoms with Gasteiger partial charge in [-0.15, -0.1) is 17.5 Å². The van der Waals surface area contributed by atoms with Crippen molar-refractivity contribution < 1.29 is 9.47 Å². The Balaban J connectivity index is 0.00000267. The van der Waals surface area contributed by atoms with Gasteiger partial charge in [-0.05, 0) is 58.7 Å². The van der Waals surface area contributed by atoms with E-state index < -0.39 is 0 Å². The summed E-state index contributed by atoms with van der Waals surface area (Å²) in [6.07, 6.45) is 6.09. The fourth-order valence-electron chi connectivity index (χ4n) is 5.61. The van der Waals surface area contributed by atoms with Gasteiger partial charge in [0.05, 0.1) is 12.1 Å². The lowest BCUT2D eigenvalue weighted by atomic mass is 9.95. The van der Waals surface area contributed by atoms with Gasteiger partial charge >= 0.3 is 0 Å². The number of hydrogen-bond donors (Lipinski definition) is 0. The molecule has 8 nitrogen and oxygen atoms in total. The minimum Gasteiger partial charge on any atom is -0.454 e. The van der Waals surface area contributed by atoms with Crippen LogP contribution < -0.4 is 9.47 Å². The van der Waals surface area contributed by atoms with Gasteiger partial charge in [0.15, 0.2) is 17.3 Å². The fraction of sp³-hybridized carbons (Fsp3) is 0.500. The van der Waals surface area contributed by atoms with Gasteiger partial charge in [-0.3, -0.25) is 9.80 Å². The van der Waals surface area contributed by atoms with E-state index in [1.807, 2.05) is 18.2 Å². The zero-order chi connectivity index (χ0) is 23.6. The molecule has 1 unspecified atom stereocenters. The predicted octanol–water partition coefficient (Wildman–Crippen LogP) is 4.89. The average Bonchev–Trinajstić information content (AvgIpc) is 3.57. The van der Waals surface area contributed by atoms with Gasteiger partial charge in [-0.1, -0.05) is 49.1 Å². The Hall–Kier alpha value is -2.39. The van der Waals surface area contributed by atoms with E-state index >= 15 is 0 Å². The highest BCUT2D eigenvalue weighted by Crippen LogP contribution is 2.35. The third-order valence-electron chi connectivity index (χ3n) is 7.48. The molecule has 3 heterocycles. The van der Waals surface area contributed by atoms with Gasteiger partial charge < -0.3 is 9.47 Å². The predicted molar refractivity (Wildman–Crippen MR) is 140 cm³/mol. The molecule has 3 aliphatic rings. The van der Waals surface area contributed by atoms with Crippen LogP contribution in [0.3, 0.4) is 0 Å². The summed E-state index contributed by atoms with van der Waals surface area (Å²) < 4.78 is 13.1.